The third-order valence-corrected chi connectivity index (χ3v) is 4.58. The number of piperidine rings is 1. The molecule has 0 unspecified atom stereocenters. The molecule has 23 heavy (non-hydrogen) atoms. The summed E-state index contributed by atoms with van der Waals surface area (Å²) >= 11 is 0. The number of pyridine rings is 1. The van der Waals surface area contributed by atoms with Crippen LogP contribution in [0.2, 0.25) is 0 Å². The van der Waals surface area contributed by atoms with Crippen LogP contribution in [0.1, 0.15) is 30.5 Å². The number of nitrogens with zero attached hydrogens (tertiary/aromatic N) is 2. The lowest BCUT2D eigenvalue weighted by atomic mass is 9.91. The van der Waals surface area contributed by atoms with Crippen molar-refractivity contribution >= 4 is 0 Å². The summed E-state index contributed by atoms with van der Waals surface area (Å²) in [6, 6.07) is 10.1. The summed E-state index contributed by atoms with van der Waals surface area (Å²) in [5, 5.41) is 0. The molecule has 0 radical (unpaired) electrons. The van der Waals surface area contributed by atoms with Gasteiger partial charge in [0.2, 0.25) is 0 Å². The number of halogens is 2. The zero-order valence-corrected chi connectivity index (χ0v) is 13.2. The predicted octanol–water partition coefficient (Wildman–Crippen LogP) is 4.20. The van der Waals surface area contributed by atoms with Crippen molar-refractivity contribution in [1.82, 2.24) is 9.88 Å². The molecule has 4 heteroatoms. The van der Waals surface area contributed by atoms with Crippen molar-refractivity contribution in [3.63, 3.8) is 0 Å². The largest absolute Gasteiger partial charge is 0.297 e. The minimum Gasteiger partial charge on any atom is -0.297 e. The summed E-state index contributed by atoms with van der Waals surface area (Å²) in [7, 11) is 0. The summed E-state index contributed by atoms with van der Waals surface area (Å²) in [4.78, 5) is 6.77. The summed E-state index contributed by atoms with van der Waals surface area (Å²) in [6.45, 7) is 2.90. The third kappa shape index (κ3) is 4.35. The maximum absolute atomic E-state index is 13.7. The highest BCUT2D eigenvalue weighted by molar-refractivity contribution is 5.19. The van der Waals surface area contributed by atoms with Crippen LogP contribution in [0.5, 0.6) is 0 Å². The minimum atomic E-state index is -0.425. The van der Waals surface area contributed by atoms with E-state index in [1.54, 1.807) is 0 Å². The topological polar surface area (TPSA) is 16.1 Å². The van der Waals surface area contributed by atoms with Gasteiger partial charge in [-0.3, -0.25) is 9.88 Å². The van der Waals surface area contributed by atoms with Gasteiger partial charge < -0.3 is 0 Å². The highest BCUT2D eigenvalue weighted by atomic mass is 19.1. The fraction of sp³-hybridized carbons (Fsp3) is 0.421. The Hall–Kier alpha value is -1.81. The molecular weight excluding hydrogens is 294 g/mol. The van der Waals surface area contributed by atoms with Crippen molar-refractivity contribution in [2.75, 3.05) is 13.1 Å². The Kier molecular flexibility index (Phi) is 5.34. The van der Waals surface area contributed by atoms with Crippen LogP contribution in [0, 0.1) is 17.6 Å². The monoisotopic (exact) mass is 316 g/mol. The van der Waals surface area contributed by atoms with Gasteiger partial charge in [-0.15, -0.1) is 0 Å². The number of benzene rings is 1. The Morgan fingerprint density at radius 1 is 1.09 bits per heavy atom. The van der Waals surface area contributed by atoms with Crippen molar-refractivity contribution in [3.05, 3.63) is 65.5 Å². The molecular formula is C19H22F2N2. The lowest BCUT2D eigenvalue weighted by Crippen LogP contribution is -2.35. The standard InChI is InChI=1S/C19H22F2N2/c20-18-7-3-8-19(21)17(18)10-9-15-5-4-12-23(13-15)14-16-6-1-2-11-22-16/h1-3,6-8,11,15H,4-5,9-10,12-14H2/t15-/m0/s1. The molecule has 1 aliphatic rings. The summed E-state index contributed by atoms with van der Waals surface area (Å²) in [5.41, 5.74) is 1.31. The quantitative estimate of drug-likeness (QED) is 0.821. The van der Waals surface area contributed by atoms with Gasteiger partial charge in [-0.1, -0.05) is 12.1 Å². The molecule has 0 saturated carbocycles. The zero-order chi connectivity index (χ0) is 16.1. The molecule has 3 rings (SSSR count). The smallest absolute Gasteiger partial charge is 0.129 e. The number of hydrogen-bond donors (Lipinski definition) is 0. The fourth-order valence-corrected chi connectivity index (χ4v) is 3.37. The van der Waals surface area contributed by atoms with E-state index >= 15 is 0 Å². The lowest BCUT2D eigenvalue weighted by molar-refractivity contribution is 0.160. The molecule has 1 aromatic heterocycles. The fourth-order valence-electron chi connectivity index (χ4n) is 3.37. The average molecular weight is 316 g/mol. The van der Waals surface area contributed by atoms with Gasteiger partial charge in [-0.25, -0.2) is 8.78 Å². The van der Waals surface area contributed by atoms with E-state index < -0.39 is 11.6 Å². The van der Waals surface area contributed by atoms with Crippen LogP contribution >= 0.6 is 0 Å². The van der Waals surface area contributed by atoms with E-state index in [2.05, 4.69) is 9.88 Å². The molecule has 2 heterocycles. The van der Waals surface area contributed by atoms with E-state index in [0.717, 1.165) is 44.6 Å². The van der Waals surface area contributed by atoms with Gasteiger partial charge in [-0.05, 0) is 62.4 Å². The van der Waals surface area contributed by atoms with Gasteiger partial charge in [-0.2, -0.15) is 0 Å². The van der Waals surface area contributed by atoms with Gasteiger partial charge in [0.05, 0.1) is 5.69 Å². The second kappa shape index (κ2) is 7.64. The van der Waals surface area contributed by atoms with Gasteiger partial charge in [0.15, 0.2) is 0 Å². The molecule has 0 N–H and O–H groups in total. The molecule has 2 aromatic rings. The van der Waals surface area contributed by atoms with Crippen LogP contribution in [-0.2, 0) is 13.0 Å². The van der Waals surface area contributed by atoms with E-state index in [1.807, 2.05) is 24.4 Å². The molecule has 1 aromatic carbocycles. The van der Waals surface area contributed by atoms with Crippen molar-refractivity contribution in [2.24, 2.45) is 5.92 Å². The van der Waals surface area contributed by atoms with Gasteiger partial charge in [0, 0.05) is 24.8 Å². The lowest BCUT2D eigenvalue weighted by Gasteiger charge is -2.32. The van der Waals surface area contributed by atoms with Crippen LogP contribution in [0.15, 0.2) is 42.6 Å². The summed E-state index contributed by atoms with van der Waals surface area (Å²) in [6.07, 6.45) is 5.39. The van der Waals surface area contributed by atoms with Gasteiger partial charge in [0.25, 0.3) is 0 Å². The van der Waals surface area contributed by atoms with Gasteiger partial charge >= 0.3 is 0 Å². The first-order chi connectivity index (χ1) is 11.2. The van der Waals surface area contributed by atoms with Crippen molar-refractivity contribution in [2.45, 2.75) is 32.2 Å². The molecule has 1 saturated heterocycles. The second-order valence-corrected chi connectivity index (χ2v) is 6.30. The highest BCUT2D eigenvalue weighted by Crippen LogP contribution is 2.24. The Morgan fingerprint density at radius 2 is 1.91 bits per heavy atom. The first-order valence-corrected chi connectivity index (χ1v) is 8.27. The van der Waals surface area contributed by atoms with Crippen LogP contribution < -0.4 is 0 Å². The van der Waals surface area contributed by atoms with Crippen molar-refractivity contribution in [3.8, 4) is 0 Å². The highest BCUT2D eigenvalue weighted by Gasteiger charge is 2.21. The number of hydrogen-bond acceptors (Lipinski definition) is 2. The Morgan fingerprint density at radius 3 is 2.65 bits per heavy atom. The van der Waals surface area contributed by atoms with E-state index in [9.17, 15) is 8.78 Å². The second-order valence-electron chi connectivity index (χ2n) is 6.30. The molecule has 2 nitrogen and oxygen atoms in total. The maximum Gasteiger partial charge on any atom is 0.129 e. The van der Waals surface area contributed by atoms with Crippen molar-refractivity contribution < 1.29 is 8.78 Å². The van der Waals surface area contributed by atoms with Gasteiger partial charge in [0.1, 0.15) is 11.6 Å². The van der Waals surface area contributed by atoms with E-state index in [0.29, 0.717) is 12.3 Å². The van der Waals surface area contributed by atoms with Crippen molar-refractivity contribution in [1.29, 1.82) is 0 Å². The maximum atomic E-state index is 13.7. The van der Waals surface area contributed by atoms with E-state index in [1.165, 1.54) is 18.2 Å². The minimum absolute atomic E-state index is 0.231. The molecule has 0 aliphatic carbocycles. The molecule has 1 aliphatic heterocycles. The van der Waals surface area contributed by atoms with E-state index in [-0.39, 0.29) is 5.56 Å². The molecule has 1 fully saturated rings. The number of likely N-dealkylation sites (tertiary alicyclic amines) is 1. The predicted molar refractivity (Wildman–Crippen MR) is 86.9 cm³/mol. The summed E-state index contributed by atoms with van der Waals surface area (Å²) in [5.74, 6) is -0.358. The number of aromatic nitrogens is 1. The Bertz CT molecular complexity index is 610. The Balaban J connectivity index is 1.55. The molecule has 0 spiro atoms. The SMILES string of the molecule is Fc1cccc(F)c1CC[C@@H]1CCCN(Cc2ccccn2)C1. The molecule has 1 atom stereocenters. The summed E-state index contributed by atoms with van der Waals surface area (Å²) < 4.78 is 27.4. The van der Waals surface area contributed by atoms with Crippen LogP contribution in [0.4, 0.5) is 8.78 Å². The first kappa shape index (κ1) is 16.1. The molecule has 122 valence electrons. The first-order valence-electron chi connectivity index (χ1n) is 8.27. The van der Waals surface area contributed by atoms with E-state index in [4.69, 9.17) is 0 Å². The molecule has 0 amide bonds. The normalized spacial score (nSPS) is 19.0. The average Bonchev–Trinajstić information content (AvgIpc) is 2.56. The number of rotatable bonds is 5. The van der Waals surface area contributed by atoms with Crippen LogP contribution in [-0.4, -0.2) is 23.0 Å². The third-order valence-electron chi connectivity index (χ3n) is 4.58. The van der Waals surface area contributed by atoms with Crippen LogP contribution in [0.3, 0.4) is 0 Å². The molecule has 0 bridgehead atoms. The zero-order valence-electron chi connectivity index (χ0n) is 13.2. The van der Waals surface area contributed by atoms with Crippen LogP contribution in [0.25, 0.3) is 0 Å². The Labute approximate surface area is 136 Å².